The predicted molar refractivity (Wildman–Crippen MR) is 102 cm³/mol. The summed E-state index contributed by atoms with van der Waals surface area (Å²) in [6, 6.07) is 10.2. The second-order valence-corrected chi connectivity index (χ2v) is 6.83. The van der Waals surface area contributed by atoms with Crippen LogP contribution in [0.4, 0.5) is 5.69 Å². The molecule has 4 rings (SSSR count). The van der Waals surface area contributed by atoms with Gasteiger partial charge >= 0.3 is 0 Å². The van der Waals surface area contributed by atoms with E-state index in [2.05, 4.69) is 39.2 Å². The lowest BCUT2D eigenvalue weighted by atomic mass is 10.1. The van der Waals surface area contributed by atoms with Gasteiger partial charge in [-0.15, -0.1) is 0 Å². The number of pyridine rings is 1. The van der Waals surface area contributed by atoms with Gasteiger partial charge in [-0.05, 0) is 57.1 Å². The summed E-state index contributed by atoms with van der Waals surface area (Å²) in [5.74, 6) is 1.07. The van der Waals surface area contributed by atoms with E-state index in [9.17, 15) is 0 Å². The SMILES string of the molecule is Cc1c(NCc2ccccn2)ccc2[nH]c(CN3CCCCC3)nc12. The van der Waals surface area contributed by atoms with Crippen molar-refractivity contribution < 1.29 is 0 Å². The molecule has 1 saturated heterocycles. The zero-order valence-electron chi connectivity index (χ0n) is 14.8. The fourth-order valence-electron chi connectivity index (χ4n) is 3.55. The number of fused-ring (bicyclic) bond motifs is 1. The number of benzene rings is 1. The summed E-state index contributed by atoms with van der Waals surface area (Å²) < 4.78 is 0. The second-order valence-electron chi connectivity index (χ2n) is 6.83. The lowest BCUT2D eigenvalue weighted by Gasteiger charge is -2.25. The number of aryl methyl sites for hydroxylation is 1. The van der Waals surface area contributed by atoms with E-state index in [0.29, 0.717) is 0 Å². The number of likely N-dealkylation sites (tertiary alicyclic amines) is 1. The van der Waals surface area contributed by atoms with Crippen molar-refractivity contribution >= 4 is 16.7 Å². The number of anilines is 1. The molecule has 1 fully saturated rings. The number of nitrogens with one attached hydrogen (secondary N) is 2. The number of aromatic nitrogens is 3. The molecule has 0 aliphatic carbocycles. The van der Waals surface area contributed by atoms with Gasteiger partial charge in [-0.1, -0.05) is 12.5 Å². The van der Waals surface area contributed by atoms with Gasteiger partial charge in [0.25, 0.3) is 0 Å². The van der Waals surface area contributed by atoms with Gasteiger partial charge in [0.2, 0.25) is 0 Å². The van der Waals surface area contributed by atoms with Crippen LogP contribution < -0.4 is 5.32 Å². The van der Waals surface area contributed by atoms with E-state index in [0.717, 1.165) is 41.3 Å². The molecule has 0 saturated carbocycles. The smallest absolute Gasteiger partial charge is 0.121 e. The molecule has 5 nitrogen and oxygen atoms in total. The van der Waals surface area contributed by atoms with Crippen molar-refractivity contribution in [3.8, 4) is 0 Å². The predicted octanol–water partition coefficient (Wildman–Crippen LogP) is 3.86. The number of nitrogens with zero attached hydrogens (tertiary/aromatic N) is 3. The van der Waals surface area contributed by atoms with Crippen LogP contribution in [0.3, 0.4) is 0 Å². The summed E-state index contributed by atoms with van der Waals surface area (Å²) in [4.78, 5) is 15.2. The molecule has 3 heterocycles. The maximum atomic E-state index is 4.87. The van der Waals surface area contributed by atoms with Gasteiger partial charge in [-0.25, -0.2) is 4.98 Å². The lowest BCUT2D eigenvalue weighted by Crippen LogP contribution is -2.29. The van der Waals surface area contributed by atoms with Crippen molar-refractivity contribution in [2.24, 2.45) is 0 Å². The normalized spacial score (nSPS) is 15.6. The summed E-state index contributed by atoms with van der Waals surface area (Å²) in [5, 5.41) is 3.49. The van der Waals surface area contributed by atoms with Crippen LogP contribution >= 0.6 is 0 Å². The summed E-state index contributed by atoms with van der Waals surface area (Å²) >= 11 is 0. The molecule has 0 spiro atoms. The summed E-state index contributed by atoms with van der Waals surface area (Å²) in [5.41, 5.74) is 5.53. The monoisotopic (exact) mass is 335 g/mol. The topological polar surface area (TPSA) is 56.8 Å². The Bertz CT molecular complexity index is 834. The van der Waals surface area contributed by atoms with E-state index < -0.39 is 0 Å². The first-order chi connectivity index (χ1) is 12.3. The van der Waals surface area contributed by atoms with E-state index in [1.807, 2.05) is 24.4 Å². The summed E-state index contributed by atoms with van der Waals surface area (Å²) in [6.45, 7) is 6.15. The van der Waals surface area contributed by atoms with Crippen LogP contribution in [0.25, 0.3) is 11.0 Å². The molecule has 0 atom stereocenters. The van der Waals surface area contributed by atoms with Crippen LogP contribution in [0.1, 0.15) is 36.3 Å². The molecule has 3 aromatic rings. The zero-order chi connectivity index (χ0) is 17.1. The maximum absolute atomic E-state index is 4.87. The Hall–Kier alpha value is -2.40. The molecule has 2 aromatic heterocycles. The Balaban J connectivity index is 1.51. The summed E-state index contributed by atoms with van der Waals surface area (Å²) in [7, 11) is 0. The Kier molecular flexibility index (Phi) is 4.65. The fraction of sp³-hybridized carbons (Fsp3) is 0.400. The molecule has 0 amide bonds. The molecule has 1 aromatic carbocycles. The van der Waals surface area contributed by atoms with Crippen LogP contribution in [0.15, 0.2) is 36.5 Å². The van der Waals surface area contributed by atoms with Gasteiger partial charge in [0.1, 0.15) is 5.82 Å². The van der Waals surface area contributed by atoms with Crippen LogP contribution in [-0.2, 0) is 13.1 Å². The van der Waals surface area contributed by atoms with Crippen molar-refractivity contribution in [2.75, 3.05) is 18.4 Å². The first-order valence-electron chi connectivity index (χ1n) is 9.14. The lowest BCUT2D eigenvalue weighted by molar-refractivity contribution is 0.216. The molecular formula is C20H25N5. The van der Waals surface area contributed by atoms with E-state index in [-0.39, 0.29) is 0 Å². The Morgan fingerprint density at radius 2 is 2.00 bits per heavy atom. The average Bonchev–Trinajstić information content (AvgIpc) is 3.06. The van der Waals surface area contributed by atoms with E-state index in [1.165, 1.54) is 37.9 Å². The maximum Gasteiger partial charge on any atom is 0.121 e. The third-order valence-corrected chi connectivity index (χ3v) is 4.96. The van der Waals surface area contributed by atoms with Gasteiger partial charge < -0.3 is 10.3 Å². The minimum absolute atomic E-state index is 0.720. The van der Waals surface area contributed by atoms with E-state index in [1.54, 1.807) is 0 Å². The van der Waals surface area contributed by atoms with Crippen molar-refractivity contribution in [1.29, 1.82) is 0 Å². The molecule has 1 aliphatic rings. The largest absolute Gasteiger partial charge is 0.379 e. The van der Waals surface area contributed by atoms with Gasteiger partial charge in [0.05, 0.1) is 29.8 Å². The number of H-pyrrole nitrogens is 1. The highest BCUT2D eigenvalue weighted by Crippen LogP contribution is 2.25. The van der Waals surface area contributed by atoms with Crippen LogP contribution in [0.2, 0.25) is 0 Å². The third-order valence-electron chi connectivity index (χ3n) is 4.96. The highest BCUT2D eigenvalue weighted by Gasteiger charge is 2.14. The van der Waals surface area contributed by atoms with Crippen LogP contribution in [-0.4, -0.2) is 32.9 Å². The van der Waals surface area contributed by atoms with Gasteiger partial charge in [0.15, 0.2) is 0 Å². The van der Waals surface area contributed by atoms with Crippen molar-refractivity contribution in [1.82, 2.24) is 19.9 Å². The fourth-order valence-corrected chi connectivity index (χ4v) is 3.55. The van der Waals surface area contributed by atoms with Crippen LogP contribution in [0.5, 0.6) is 0 Å². The molecule has 0 radical (unpaired) electrons. The number of aromatic amines is 1. The summed E-state index contributed by atoms with van der Waals surface area (Å²) in [6.07, 6.45) is 5.80. The average molecular weight is 335 g/mol. The first kappa shape index (κ1) is 16.1. The van der Waals surface area contributed by atoms with Crippen molar-refractivity contribution in [2.45, 2.75) is 39.3 Å². The quantitative estimate of drug-likeness (QED) is 0.743. The number of hydrogen-bond donors (Lipinski definition) is 2. The number of imidazole rings is 1. The molecule has 2 N–H and O–H groups in total. The van der Waals surface area contributed by atoms with Gasteiger partial charge in [-0.2, -0.15) is 0 Å². The standard InChI is InChI=1S/C20H25N5/c1-15-17(22-13-16-7-3-4-10-21-16)8-9-18-20(15)24-19(23-18)14-25-11-5-2-6-12-25/h3-4,7-10,22H,2,5-6,11-14H2,1H3,(H,23,24). The molecule has 1 aliphatic heterocycles. The molecule has 0 bridgehead atoms. The third kappa shape index (κ3) is 3.66. The molecular weight excluding hydrogens is 310 g/mol. The van der Waals surface area contributed by atoms with Crippen molar-refractivity contribution in [3.63, 3.8) is 0 Å². The first-order valence-corrected chi connectivity index (χ1v) is 9.14. The van der Waals surface area contributed by atoms with Gasteiger partial charge in [0, 0.05) is 17.4 Å². The minimum atomic E-state index is 0.720. The highest BCUT2D eigenvalue weighted by atomic mass is 15.2. The molecule has 130 valence electrons. The van der Waals surface area contributed by atoms with E-state index >= 15 is 0 Å². The van der Waals surface area contributed by atoms with Crippen LogP contribution in [0, 0.1) is 6.92 Å². The molecule has 25 heavy (non-hydrogen) atoms. The molecule has 5 heteroatoms. The molecule has 0 unspecified atom stereocenters. The van der Waals surface area contributed by atoms with Gasteiger partial charge in [-0.3, -0.25) is 9.88 Å². The van der Waals surface area contributed by atoms with E-state index in [4.69, 9.17) is 4.98 Å². The zero-order valence-corrected chi connectivity index (χ0v) is 14.8. The number of hydrogen-bond acceptors (Lipinski definition) is 4. The Labute approximate surface area is 148 Å². The Morgan fingerprint density at radius 3 is 2.80 bits per heavy atom. The minimum Gasteiger partial charge on any atom is -0.379 e. The second kappa shape index (κ2) is 7.23. The van der Waals surface area contributed by atoms with Crippen molar-refractivity contribution in [3.05, 3.63) is 53.6 Å². The highest BCUT2D eigenvalue weighted by molar-refractivity contribution is 5.84. The number of piperidine rings is 1. The Morgan fingerprint density at radius 1 is 1.12 bits per heavy atom. The number of rotatable bonds is 5.